The molecule has 0 amide bonds. The van der Waals surface area contributed by atoms with Crippen LogP contribution in [0.3, 0.4) is 0 Å². The van der Waals surface area contributed by atoms with E-state index in [-0.39, 0.29) is 11.1 Å². The van der Waals surface area contributed by atoms with Crippen LogP contribution in [0.15, 0.2) is 53.3 Å². The minimum absolute atomic E-state index is 0.191. The van der Waals surface area contributed by atoms with Crippen LogP contribution >= 0.6 is 0 Å². The molecular formula is C26H22O10. The topological polar surface area (TPSA) is 193 Å². The molecule has 1 fully saturated rings. The number of aliphatic hydroxyl groups is 5. The third-order valence-electron chi connectivity index (χ3n) is 7.40. The Kier molecular flexibility index (Phi) is 4.79. The summed E-state index contributed by atoms with van der Waals surface area (Å²) in [5.41, 5.74) is -8.31. The van der Waals surface area contributed by atoms with E-state index in [1.165, 1.54) is 6.07 Å². The number of carbonyl (C=O) groups excluding carboxylic acids is 2. The summed E-state index contributed by atoms with van der Waals surface area (Å²) in [6.45, 7) is 1.89. The number of aromatic hydroxyl groups is 1. The van der Waals surface area contributed by atoms with Gasteiger partial charge in [-0.15, -0.1) is 0 Å². The molecule has 3 aliphatic carbocycles. The zero-order valence-corrected chi connectivity index (χ0v) is 18.9. The third kappa shape index (κ3) is 2.86. The number of carbonyl (C=O) groups is 3. The van der Waals surface area contributed by atoms with E-state index in [0.717, 1.165) is 5.56 Å². The zero-order valence-electron chi connectivity index (χ0n) is 18.9. The van der Waals surface area contributed by atoms with Gasteiger partial charge in [0.15, 0.2) is 11.5 Å². The number of hydrogen-bond acceptors (Lipinski definition) is 9. The highest BCUT2D eigenvalue weighted by Crippen LogP contribution is 2.56. The van der Waals surface area contributed by atoms with Gasteiger partial charge in [-0.2, -0.15) is 0 Å². The standard InChI is InChI=1S/C26H22O10/c1-11-2-4-12(5-3-11)13-6-7-15(27)17-14(13)8-24(34)10-25(35)9-16(28)18(23(32)33)21(30)26(25,36)22(31)19(24)20(17)29/h2-7,27,29-30,34-36H,8-10H2,1H3,(H,32,33)/t24-,25+,26-/m0/s1. The first-order valence-corrected chi connectivity index (χ1v) is 11.0. The smallest absolute Gasteiger partial charge is 0.342 e. The van der Waals surface area contributed by atoms with Crippen LogP contribution in [0.2, 0.25) is 0 Å². The van der Waals surface area contributed by atoms with Crippen molar-refractivity contribution < 1.29 is 50.1 Å². The van der Waals surface area contributed by atoms with E-state index in [2.05, 4.69) is 0 Å². The average Bonchev–Trinajstić information content (AvgIpc) is 2.76. The van der Waals surface area contributed by atoms with Crippen LogP contribution in [0.25, 0.3) is 16.9 Å². The number of phenols is 1. The van der Waals surface area contributed by atoms with Crippen LogP contribution in [0, 0.1) is 6.92 Å². The summed E-state index contributed by atoms with van der Waals surface area (Å²) < 4.78 is 0. The van der Waals surface area contributed by atoms with Gasteiger partial charge in [0, 0.05) is 19.3 Å². The minimum atomic E-state index is -3.33. The van der Waals surface area contributed by atoms with Crippen molar-refractivity contribution >= 4 is 23.3 Å². The van der Waals surface area contributed by atoms with E-state index in [0.29, 0.717) is 11.1 Å². The Morgan fingerprint density at radius 3 is 2.17 bits per heavy atom. The fourth-order valence-electron chi connectivity index (χ4n) is 5.69. The lowest BCUT2D eigenvalue weighted by molar-refractivity contribution is -0.200. The lowest BCUT2D eigenvalue weighted by atomic mass is 9.55. The summed E-state index contributed by atoms with van der Waals surface area (Å²) in [4.78, 5) is 37.5. The molecule has 10 heteroatoms. The van der Waals surface area contributed by atoms with Gasteiger partial charge in [-0.25, -0.2) is 4.79 Å². The van der Waals surface area contributed by atoms with Gasteiger partial charge in [0.2, 0.25) is 11.4 Å². The number of hydrogen-bond donors (Lipinski definition) is 7. The van der Waals surface area contributed by atoms with Crippen molar-refractivity contribution in [3.63, 3.8) is 0 Å². The molecule has 0 radical (unpaired) electrons. The molecule has 186 valence electrons. The number of aliphatic hydroxyl groups excluding tert-OH is 2. The van der Waals surface area contributed by atoms with Crippen molar-refractivity contribution in [2.45, 2.75) is 43.0 Å². The normalized spacial score (nSPS) is 29.6. The Balaban J connectivity index is 1.78. The Bertz CT molecular complexity index is 1450. The fourth-order valence-corrected chi connectivity index (χ4v) is 5.69. The Morgan fingerprint density at radius 2 is 1.56 bits per heavy atom. The van der Waals surface area contributed by atoms with E-state index in [1.54, 1.807) is 18.2 Å². The van der Waals surface area contributed by atoms with E-state index in [9.17, 15) is 50.1 Å². The number of carboxylic acid groups (broad SMARTS) is 1. The molecule has 0 heterocycles. The van der Waals surface area contributed by atoms with Gasteiger partial charge in [-0.05, 0) is 29.7 Å². The highest BCUT2D eigenvalue weighted by Gasteiger charge is 2.71. The van der Waals surface area contributed by atoms with Gasteiger partial charge in [0.25, 0.3) is 0 Å². The lowest BCUT2D eigenvalue weighted by Gasteiger charge is -2.54. The summed E-state index contributed by atoms with van der Waals surface area (Å²) in [6, 6.07) is 10.1. The summed E-state index contributed by atoms with van der Waals surface area (Å²) in [6.07, 6.45) is -2.38. The molecular weight excluding hydrogens is 472 g/mol. The number of aryl methyl sites for hydroxylation is 1. The molecule has 2 aromatic rings. The second-order valence-corrected chi connectivity index (χ2v) is 9.66. The van der Waals surface area contributed by atoms with Gasteiger partial charge in [-0.3, -0.25) is 9.59 Å². The van der Waals surface area contributed by atoms with E-state index >= 15 is 0 Å². The van der Waals surface area contributed by atoms with Crippen molar-refractivity contribution in [2.75, 3.05) is 0 Å². The minimum Gasteiger partial charge on any atom is -0.508 e. The molecule has 0 bridgehead atoms. The highest BCUT2D eigenvalue weighted by atomic mass is 16.4. The maximum atomic E-state index is 13.6. The van der Waals surface area contributed by atoms with Crippen molar-refractivity contribution in [3.05, 3.63) is 70.0 Å². The molecule has 0 saturated heterocycles. The van der Waals surface area contributed by atoms with Gasteiger partial charge in [0.05, 0.1) is 11.1 Å². The largest absolute Gasteiger partial charge is 0.508 e. The second-order valence-electron chi connectivity index (χ2n) is 9.66. The average molecular weight is 494 g/mol. The molecule has 36 heavy (non-hydrogen) atoms. The predicted molar refractivity (Wildman–Crippen MR) is 123 cm³/mol. The van der Waals surface area contributed by atoms with Crippen molar-refractivity contribution in [3.8, 4) is 16.9 Å². The lowest BCUT2D eigenvalue weighted by Crippen LogP contribution is -2.72. The summed E-state index contributed by atoms with van der Waals surface area (Å²) in [7, 11) is 0. The molecule has 2 aromatic carbocycles. The van der Waals surface area contributed by atoms with Crippen LogP contribution < -0.4 is 0 Å². The van der Waals surface area contributed by atoms with Crippen LogP contribution in [0.1, 0.15) is 29.5 Å². The molecule has 7 N–H and O–H groups in total. The van der Waals surface area contributed by atoms with Crippen LogP contribution in [-0.4, -0.2) is 70.1 Å². The van der Waals surface area contributed by atoms with Gasteiger partial charge >= 0.3 is 5.97 Å². The van der Waals surface area contributed by atoms with Crippen molar-refractivity contribution in [2.24, 2.45) is 0 Å². The van der Waals surface area contributed by atoms with E-state index in [1.807, 2.05) is 19.1 Å². The Hall–Kier alpha value is -3.99. The summed E-state index contributed by atoms with van der Waals surface area (Å²) in [5.74, 6) is -7.65. The van der Waals surface area contributed by atoms with Crippen molar-refractivity contribution in [1.82, 2.24) is 0 Å². The maximum Gasteiger partial charge on any atom is 0.342 e. The molecule has 3 atom stereocenters. The molecule has 3 aliphatic rings. The van der Waals surface area contributed by atoms with Crippen LogP contribution in [-0.2, 0) is 20.8 Å². The molecule has 0 unspecified atom stereocenters. The number of benzene rings is 2. The van der Waals surface area contributed by atoms with Crippen LogP contribution in [0.5, 0.6) is 5.75 Å². The SMILES string of the molecule is Cc1ccc(-c2ccc(O)c3c2C[C@]2(O)C[C@]4(O)CC(=O)C(C(=O)O)=C(O)[C@]4(O)C(=O)C2=C3O)cc1. The third-order valence-corrected chi connectivity index (χ3v) is 7.40. The number of fused-ring (bicyclic) bond motifs is 3. The van der Waals surface area contributed by atoms with Crippen molar-refractivity contribution in [1.29, 1.82) is 0 Å². The number of aliphatic carboxylic acids is 1. The molecule has 10 nitrogen and oxygen atoms in total. The first-order valence-electron chi connectivity index (χ1n) is 11.0. The number of phenolic OH excluding ortho intramolecular Hbond substituents is 1. The van der Waals surface area contributed by atoms with Gasteiger partial charge in [-0.1, -0.05) is 35.9 Å². The molecule has 0 spiro atoms. The van der Waals surface area contributed by atoms with Gasteiger partial charge in [0.1, 0.15) is 28.3 Å². The van der Waals surface area contributed by atoms with Crippen LogP contribution in [0.4, 0.5) is 0 Å². The van der Waals surface area contributed by atoms with Gasteiger partial charge < -0.3 is 35.7 Å². The molecule has 0 aliphatic heterocycles. The first-order chi connectivity index (χ1) is 16.7. The summed E-state index contributed by atoms with van der Waals surface area (Å²) in [5, 5.41) is 75.7. The number of rotatable bonds is 2. The predicted octanol–water partition coefficient (Wildman–Crippen LogP) is 1.23. The molecule has 0 aromatic heterocycles. The number of carboxylic acids is 1. The maximum absolute atomic E-state index is 13.6. The Morgan fingerprint density at radius 1 is 0.917 bits per heavy atom. The fraction of sp³-hybridized carbons (Fsp3) is 0.269. The highest BCUT2D eigenvalue weighted by molar-refractivity contribution is 6.22. The second kappa shape index (κ2) is 7.26. The zero-order chi connectivity index (χ0) is 26.4. The number of Topliss-reactive ketones (excluding diaryl/α,β-unsaturated/α-hetero) is 2. The molecule has 1 saturated carbocycles. The quantitative estimate of drug-likeness (QED) is 0.299. The number of ketones is 2. The monoisotopic (exact) mass is 494 g/mol. The van der Waals surface area contributed by atoms with E-state index < -0.39 is 82.0 Å². The van der Waals surface area contributed by atoms with E-state index in [4.69, 9.17) is 0 Å². The first kappa shape index (κ1) is 23.7. The summed E-state index contributed by atoms with van der Waals surface area (Å²) >= 11 is 0. The Labute approximate surface area is 203 Å². The molecule has 5 rings (SSSR count).